The van der Waals surface area contributed by atoms with Gasteiger partial charge in [0.1, 0.15) is 0 Å². The van der Waals surface area contributed by atoms with E-state index < -0.39 is 0 Å². The fourth-order valence-corrected chi connectivity index (χ4v) is 0. The van der Waals surface area contributed by atoms with Gasteiger partial charge >= 0.3 is 61.4 Å². The Bertz CT molecular complexity index is 8.00. The van der Waals surface area contributed by atoms with E-state index in [1.165, 1.54) is 0 Å². The molecule has 0 aliphatic rings. The first kappa shape index (κ1) is 7.42. The average Bonchev–Trinajstić information content (AvgIpc) is 0.811. The van der Waals surface area contributed by atoms with Crippen molar-refractivity contribution in [1.29, 1.82) is 0 Å². The van der Waals surface area contributed by atoms with E-state index in [0.29, 0.717) is 0 Å². The standard InChI is InChI=1S/3HI.Tm/h3*1H;/q;;;+3/p-3. The first-order valence-corrected chi connectivity index (χ1v) is 15.6. The molecule has 0 heterocycles. The summed E-state index contributed by atoms with van der Waals surface area (Å²) in [6.07, 6.45) is 0. The second kappa shape index (κ2) is 4.58. The molecule has 0 aromatic rings. The van der Waals surface area contributed by atoms with Crippen molar-refractivity contribution in [3.63, 3.8) is 0 Å². The molecule has 0 aromatic heterocycles. The van der Waals surface area contributed by atoms with Gasteiger partial charge in [0.05, 0.1) is 0 Å². The van der Waals surface area contributed by atoms with Crippen molar-refractivity contribution in [2.24, 2.45) is 0 Å². The summed E-state index contributed by atoms with van der Waals surface area (Å²) in [5, 5.41) is 0. The Labute approximate surface area is 58.7 Å². The SMILES string of the molecule is [I][Tm]([I])[I]. The van der Waals surface area contributed by atoms with Crippen molar-refractivity contribution >= 4 is 45.7 Å². The van der Waals surface area contributed by atoms with Gasteiger partial charge in [0.2, 0.25) is 0 Å². The third-order valence-electron chi connectivity index (χ3n) is 0. The van der Waals surface area contributed by atoms with E-state index in [1.807, 2.05) is 0 Å². The first-order chi connectivity index (χ1) is 1.73. The van der Waals surface area contributed by atoms with Gasteiger partial charge in [-0.25, -0.2) is 0 Å². The van der Waals surface area contributed by atoms with E-state index in [0.717, 1.165) is 0 Å². The molecule has 0 saturated heterocycles. The molecule has 0 saturated carbocycles. The van der Waals surface area contributed by atoms with Crippen LogP contribution in [0, 0.1) is 15.7 Å². The predicted octanol–water partition coefficient (Wildman–Crippen LogP) is 2.66. The maximum absolute atomic E-state index is 2.45. The molecule has 0 bridgehead atoms. The van der Waals surface area contributed by atoms with E-state index in [4.69, 9.17) is 0 Å². The van der Waals surface area contributed by atoms with Gasteiger partial charge in [-0.1, -0.05) is 0 Å². The summed E-state index contributed by atoms with van der Waals surface area (Å²) in [6.45, 7) is 0. The van der Waals surface area contributed by atoms with Gasteiger partial charge in [0, 0.05) is 0 Å². The molecule has 4 heavy (non-hydrogen) atoms. The van der Waals surface area contributed by atoms with Gasteiger partial charge in [0.15, 0.2) is 0 Å². The Kier molecular flexibility index (Phi) is 8.50. The van der Waals surface area contributed by atoms with E-state index in [9.17, 15) is 0 Å². The summed E-state index contributed by atoms with van der Waals surface area (Å²) in [6, 6.07) is 0. The van der Waals surface area contributed by atoms with Crippen molar-refractivity contribution in [2.75, 3.05) is 0 Å². The zero-order chi connectivity index (χ0) is 3.58. The molecule has 0 atom stereocenters. The Balaban J connectivity index is 2.32. The van der Waals surface area contributed by atoms with E-state index in [1.54, 1.807) is 0 Å². The molecule has 0 spiro atoms. The van der Waals surface area contributed by atoms with Crippen LogP contribution in [0.15, 0.2) is 0 Å². The van der Waals surface area contributed by atoms with Gasteiger partial charge in [-0.05, 0) is 0 Å². The Morgan fingerprint density at radius 3 is 1.00 bits per heavy atom. The number of halogens is 3. The van der Waals surface area contributed by atoms with Crippen molar-refractivity contribution in [1.82, 2.24) is 0 Å². The molecule has 0 aliphatic heterocycles. The monoisotopic (exact) mass is 550 g/mol. The van der Waals surface area contributed by atoms with Crippen LogP contribution in [0.3, 0.4) is 0 Å². The number of hydrogen-bond donors (Lipinski definition) is 0. The summed E-state index contributed by atoms with van der Waals surface area (Å²) in [5.74, 6) is 0. The molecule has 0 unspecified atom stereocenters. The van der Waals surface area contributed by atoms with Crippen molar-refractivity contribution in [2.45, 2.75) is 0 Å². The second-order valence-electron chi connectivity index (χ2n) is 0.119. The topological polar surface area (TPSA) is 0 Å². The summed E-state index contributed by atoms with van der Waals surface area (Å²) in [5.41, 5.74) is 0. The van der Waals surface area contributed by atoms with Crippen LogP contribution >= 0.6 is 45.7 Å². The molecule has 0 fully saturated rings. The van der Waals surface area contributed by atoms with Crippen LogP contribution in [-0.4, -0.2) is 0 Å². The predicted molar refractivity (Wildman–Crippen MR) is 42.1 cm³/mol. The number of hydrogen-bond acceptors (Lipinski definition) is 0. The maximum atomic E-state index is 2.45. The fourth-order valence-electron chi connectivity index (χ4n) is 0. The molecule has 4 heteroatoms. The Morgan fingerprint density at radius 1 is 1.00 bits per heavy atom. The third kappa shape index (κ3) is 9.05. The van der Waals surface area contributed by atoms with Crippen molar-refractivity contribution in [3.05, 3.63) is 0 Å². The van der Waals surface area contributed by atoms with Crippen LogP contribution in [-0.2, 0) is 0 Å². The second-order valence-corrected chi connectivity index (χ2v) is 39.7. The summed E-state index contributed by atoms with van der Waals surface area (Å²) < 4.78 is 0. The Morgan fingerprint density at radius 2 is 1.00 bits per heavy atom. The van der Waals surface area contributed by atoms with Crippen LogP contribution in [0.4, 0.5) is 0 Å². The number of rotatable bonds is 0. The summed E-state index contributed by atoms with van der Waals surface area (Å²) >= 11 is 7.17. The van der Waals surface area contributed by atoms with Crippen LogP contribution in [0.1, 0.15) is 0 Å². The van der Waals surface area contributed by atoms with Crippen LogP contribution < -0.4 is 0 Å². The summed E-state index contributed by atoms with van der Waals surface area (Å²) in [7, 11) is 0. The van der Waals surface area contributed by atoms with Crippen LogP contribution in [0.2, 0.25) is 0 Å². The minimum absolute atomic E-state index is 0.164. The third-order valence-corrected chi connectivity index (χ3v) is 0. The van der Waals surface area contributed by atoms with Crippen LogP contribution in [0.5, 0.6) is 0 Å². The zero-order valence-corrected chi connectivity index (χ0v) is 9.66. The van der Waals surface area contributed by atoms with Crippen molar-refractivity contribution < 1.29 is 15.7 Å². The molecule has 0 aromatic carbocycles. The molecular formula is I3Tm. The summed E-state index contributed by atoms with van der Waals surface area (Å²) in [4.78, 5) is 0. The van der Waals surface area contributed by atoms with Gasteiger partial charge in [-0.3, -0.25) is 0 Å². The van der Waals surface area contributed by atoms with E-state index >= 15 is 0 Å². The molecular weight excluding hydrogens is 550 g/mol. The van der Waals surface area contributed by atoms with Crippen molar-refractivity contribution in [3.8, 4) is 0 Å². The van der Waals surface area contributed by atoms with Crippen LogP contribution in [0.25, 0.3) is 0 Å². The van der Waals surface area contributed by atoms with E-state index in [2.05, 4.69) is 45.7 Å². The quantitative estimate of drug-likeness (QED) is 0.408. The van der Waals surface area contributed by atoms with Gasteiger partial charge in [-0.2, -0.15) is 0 Å². The molecule has 0 aliphatic carbocycles. The minimum atomic E-state index is -0.164. The molecule has 0 nitrogen and oxygen atoms in total. The van der Waals surface area contributed by atoms with Gasteiger partial charge in [-0.15, -0.1) is 0 Å². The Hall–Kier alpha value is 3.42. The molecule has 34 valence electrons. The average molecular weight is 550 g/mol. The zero-order valence-electron chi connectivity index (χ0n) is 1.41. The molecule has 0 amide bonds. The van der Waals surface area contributed by atoms with E-state index in [-0.39, 0.29) is 15.7 Å². The first-order valence-electron chi connectivity index (χ1n) is 0.314. The molecule has 0 radical (unpaired) electrons. The fraction of sp³-hybridized carbons (Fsp3) is 0. The molecule has 0 N–H and O–H groups in total. The van der Waals surface area contributed by atoms with Gasteiger partial charge < -0.3 is 0 Å². The normalized spacial score (nSPS) is 11.2. The molecule has 0 rings (SSSR count). The van der Waals surface area contributed by atoms with Gasteiger partial charge in [0.25, 0.3) is 0 Å².